The van der Waals surface area contributed by atoms with Gasteiger partial charge in [0.1, 0.15) is 0 Å². The predicted molar refractivity (Wildman–Crippen MR) is 123 cm³/mol. The van der Waals surface area contributed by atoms with Crippen molar-refractivity contribution in [2.24, 2.45) is 0 Å². The monoisotopic (exact) mass is 440 g/mol. The SMILES string of the molecule is CN(C)CCn1ccc2cc(NC(=O)c3ccc(S(=O)(=O)N4CCCC4)cc3)ccc21. The van der Waals surface area contributed by atoms with Gasteiger partial charge >= 0.3 is 0 Å². The number of benzene rings is 2. The molecule has 0 bridgehead atoms. The Hall–Kier alpha value is -2.68. The van der Waals surface area contributed by atoms with Crippen molar-refractivity contribution in [3.63, 3.8) is 0 Å². The minimum Gasteiger partial charge on any atom is -0.346 e. The van der Waals surface area contributed by atoms with Crippen LogP contribution in [0, 0.1) is 0 Å². The van der Waals surface area contributed by atoms with Crippen LogP contribution < -0.4 is 5.32 Å². The van der Waals surface area contributed by atoms with Crippen molar-refractivity contribution in [1.29, 1.82) is 0 Å². The van der Waals surface area contributed by atoms with E-state index in [1.165, 1.54) is 16.4 Å². The van der Waals surface area contributed by atoms with Gasteiger partial charge in [0.25, 0.3) is 5.91 Å². The van der Waals surface area contributed by atoms with Crippen LogP contribution in [0.2, 0.25) is 0 Å². The van der Waals surface area contributed by atoms with E-state index in [0.717, 1.165) is 36.8 Å². The van der Waals surface area contributed by atoms with Crippen LogP contribution in [0.4, 0.5) is 5.69 Å². The number of rotatable bonds is 7. The van der Waals surface area contributed by atoms with Crippen molar-refractivity contribution < 1.29 is 13.2 Å². The van der Waals surface area contributed by atoms with Crippen LogP contribution >= 0.6 is 0 Å². The number of nitrogens with zero attached hydrogens (tertiary/aromatic N) is 3. The van der Waals surface area contributed by atoms with E-state index in [1.807, 2.05) is 38.4 Å². The molecule has 1 amide bonds. The van der Waals surface area contributed by atoms with E-state index in [4.69, 9.17) is 0 Å². The third-order valence-corrected chi connectivity index (χ3v) is 7.55. The lowest BCUT2D eigenvalue weighted by Crippen LogP contribution is -2.27. The Bertz CT molecular complexity index is 1180. The first-order valence-corrected chi connectivity index (χ1v) is 11.9. The molecule has 31 heavy (non-hydrogen) atoms. The Labute approximate surface area is 183 Å². The van der Waals surface area contributed by atoms with E-state index in [0.29, 0.717) is 24.3 Å². The van der Waals surface area contributed by atoms with E-state index >= 15 is 0 Å². The number of carbonyl (C=O) groups is 1. The molecule has 164 valence electrons. The Morgan fingerprint density at radius 3 is 2.42 bits per heavy atom. The Kier molecular flexibility index (Phi) is 6.13. The second kappa shape index (κ2) is 8.82. The van der Waals surface area contributed by atoms with E-state index in [9.17, 15) is 13.2 Å². The summed E-state index contributed by atoms with van der Waals surface area (Å²) in [4.78, 5) is 15.0. The quantitative estimate of drug-likeness (QED) is 0.612. The smallest absolute Gasteiger partial charge is 0.255 e. The van der Waals surface area contributed by atoms with E-state index in [1.54, 1.807) is 12.1 Å². The molecular weight excluding hydrogens is 412 g/mol. The first kappa shape index (κ1) is 21.5. The molecule has 1 aliphatic rings. The number of anilines is 1. The molecule has 3 aromatic rings. The molecule has 1 aliphatic heterocycles. The third kappa shape index (κ3) is 4.66. The number of carbonyl (C=O) groups excluding carboxylic acids is 1. The number of hydrogen-bond donors (Lipinski definition) is 1. The maximum atomic E-state index is 12.7. The minimum atomic E-state index is -3.48. The van der Waals surface area contributed by atoms with Crippen LogP contribution in [0.25, 0.3) is 10.9 Å². The standard InChI is InChI=1S/C23H28N4O3S/c1-25(2)15-16-26-14-11-19-17-20(7-10-22(19)26)24-23(28)18-5-8-21(9-6-18)31(29,30)27-12-3-4-13-27/h5-11,14,17H,3-4,12-13,15-16H2,1-2H3,(H,24,28). The summed E-state index contributed by atoms with van der Waals surface area (Å²) in [5, 5.41) is 3.97. The molecule has 2 aromatic carbocycles. The van der Waals surface area contributed by atoms with Gasteiger partial charge < -0.3 is 14.8 Å². The highest BCUT2D eigenvalue weighted by atomic mass is 32.2. The van der Waals surface area contributed by atoms with Crippen molar-refractivity contribution >= 4 is 32.5 Å². The zero-order chi connectivity index (χ0) is 22.0. The Balaban J connectivity index is 1.46. The predicted octanol–water partition coefficient (Wildman–Crippen LogP) is 3.24. The van der Waals surface area contributed by atoms with Crippen LogP contribution in [0.3, 0.4) is 0 Å². The van der Waals surface area contributed by atoms with Crippen LogP contribution in [-0.4, -0.2) is 61.8 Å². The molecule has 8 heteroatoms. The third-order valence-electron chi connectivity index (χ3n) is 5.64. The number of hydrogen-bond acceptors (Lipinski definition) is 4. The molecule has 7 nitrogen and oxygen atoms in total. The summed E-state index contributed by atoms with van der Waals surface area (Å²) in [5.74, 6) is -0.267. The molecule has 0 unspecified atom stereocenters. The van der Waals surface area contributed by atoms with E-state index in [-0.39, 0.29) is 10.8 Å². The zero-order valence-electron chi connectivity index (χ0n) is 17.9. The largest absolute Gasteiger partial charge is 0.346 e. The van der Waals surface area contributed by atoms with Gasteiger partial charge in [0.05, 0.1) is 4.90 Å². The molecule has 2 heterocycles. The number of likely N-dealkylation sites (N-methyl/N-ethyl adjacent to an activating group) is 1. The van der Waals surface area contributed by atoms with Gasteiger partial charge in [-0.05, 0) is 75.5 Å². The van der Waals surface area contributed by atoms with Crippen LogP contribution in [-0.2, 0) is 16.6 Å². The van der Waals surface area contributed by atoms with Gasteiger partial charge in [-0.15, -0.1) is 0 Å². The molecule has 1 fully saturated rings. The average molecular weight is 441 g/mol. The van der Waals surface area contributed by atoms with Crippen molar-refractivity contribution in [3.05, 3.63) is 60.3 Å². The minimum absolute atomic E-state index is 0.228. The second-order valence-electron chi connectivity index (χ2n) is 8.18. The maximum Gasteiger partial charge on any atom is 0.255 e. The molecule has 4 rings (SSSR count). The lowest BCUT2D eigenvalue weighted by Gasteiger charge is -2.15. The van der Waals surface area contributed by atoms with Crippen molar-refractivity contribution in [1.82, 2.24) is 13.8 Å². The Morgan fingerprint density at radius 1 is 1.03 bits per heavy atom. The summed E-state index contributed by atoms with van der Waals surface area (Å²) in [6.07, 6.45) is 3.84. The van der Waals surface area contributed by atoms with Gasteiger partial charge in [0.15, 0.2) is 0 Å². The molecule has 0 spiro atoms. The summed E-state index contributed by atoms with van der Waals surface area (Å²) in [5.41, 5.74) is 2.25. The van der Waals surface area contributed by atoms with Crippen molar-refractivity contribution in [3.8, 4) is 0 Å². The summed E-state index contributed by atoms with van der Waals surface area (Å²) < 4.78 is 29.0. The number of amides is 1. The van der Waals surface area contributed by atoms with E-state index < -0.39 is 10.0 Å². The maximum absolute atomic E-state index is 12.7. The topological polar surface area (TPSA) is 74.6 Å². The summed E-state index contributed by atoms with van der Waals surface area (Å²) in [7, 11) is 0.623. The summed E-state index contributed by atoms with van der Waals surface area (Å²) in [6, 6.07) is 14.0. The zero-order valence-corrected chi connectivity index (χ0v) is 18.7. The summed E-state index contributed by atoms with van der Waals surface area (Å²) in [6.45, 7) is 2.97. The van der Waals surface area contributed by atoms with Crippen molar-refractivity contribution in [2.45, 2.75) is 24.3 Å². The molecular formula is C23H28N4O3S. The molecule has 0 radical (unpaired) electrons. The van der Waals surface area contributed by atoms with Gasteiger partial charge in [-0.2, -0.15) is 4.31 Å². The van der Waals surface area contributed by atoms with Crippen molar-refractivity contribution in [2.75, 3.05) is 39.0 Å². The highest BCUT2D eigenvalue weighted by Gasteiger charge is 2.27. The van der Waals surface area contributed by atoms with E-state index in [2.05, 4.69) is 21.0 Å². The lowest BCUT2D eigenvalue weighted by atomic mass is 10.2. The first-order valence-electron chi connectivity index (χ1n) is 10.5. The highest BCUT2D eigenvalue weighted by Crippen LogP contribution is 2.23. The number of sulfonamides is 1. The molecule has 0 saturated carbocycles. The molecule has 0 aliphatic carbocycles. The molecule has 1 N–H and O–H groups in total. The average Bonchev–Trinajstić information content (AvgIpc) is 3.43. The second-order valence-corrected chi connectivity index (χ2v) is 10.1. The molecule has 1 aromatic heterocycles. The van der Waals surface area contributed by atoms with Crippen LogP contribution in [0.1, 0.15) is 23.2 Å². The first-order chi connectivity index (χ1) is 14.8. The van der Waals surface area contributed by atoms with Crippen LogP contribution in [0.15, 0.2) is 59.6 Å². The number of aromatic nitrogens is 1. The molecule has 1 saturated heterocycles. The lowest BCUT2D eigenvalue weighted by molar-refractivity contribution is 0.102. The van der Waals surface area contributed by atoms with Gasteiger partial charge in [-0.1, -0.05) is 0 Å². The summed E-state index contributed by atoms with van der Waals surface area (Å²) >= 11 is 0. The number of nitrogens with one attached hydrogen (secondary N) is 1. The molecule has 0 atom stereocenters. The number of fused-ring (bicyclic) bond motifs is 1. The van der Waals surface area contributed by atoms with Gasteiger partial charge in [-0.3, -0.25) is 4.79 Å². The normalized spacial score (nSPS) is 15.1. The fourth-order valence-electron chi connectivity index (χ4n) is 3.84. The Morgan fingerprint density at radius 2 is 1.74 bits per heavy atom. The van der Waals surface area contributed by atoms with Gasteiger partial charge in [-0.25, -0.2) is 8.42 Å². The van der Waals surface area contributed by atoms with Gasteiger partial charge in [0.2, 0.25) is 10.0 Å². The fourth-order valence-corrected chi connectivity index (χ4v) is 5.36. The van der Waals surface area contributed by atoms with Crippen LogP contribution in [0.5, 0.6) is 0 Å². The highest BCUT2D eigenvalue weighted by molar-refractivity contribution is 7.89. The fraction of sp³-hybridized carbons (Fsp3) is 0.348. The van der Waals surface area contributed by atoms with Gasteiger partial charge in [0, 0.05) is 54.5 Å².